The first-order valence-corrected chi connectivity index (χ1v) is 3.53. The molecule has 0 saturated heterocycles. The summed E-state index contributed by atoms with van der Waals surface area (Å²) in [6.07, 6.45) is -2.85. The van der Waals surface area contributed by atoms with Gasteiger partial charge in [-0.25, -0.2) is 13.2 Å². The minimum atomic E-state index is -3.24. The van der Waals surface area contributed by atoms with Crippen LogP contribution in [0.15, 0.2) is 18.2 Å². The summed E-state index contributed by atoms with van der Waals surface area (Å²) < 4.78 is 63.8. The van der Waals surface area contributed by atoms with Gasteiger partial charge < -0.3 is 4.74 Å². The fraction of sp³-hybridized carbons (Fsp3) is 0.250. The monoisotopic (exact) mass is 212 g/mol. The molecule has 0 aliphatic carbocycles. The highest BCUT2D eigenvalue weighted by Gasteiger charge is 2.14. The third-order valence-corrected chi connectivity index (χ3v) is 1.42. The van der Waals surface area contributed by atoms with Crippen LogP contribution >= 0.6 is 0 Å². The lowest BCUT2D eigenvalue weighted by Gasteiger charge is -2.07. The summed E-state index contributed by atoms with van der Waals surface area (Å²) in [6, 6.07) is 2.00. The van der Waals surface area contributed by atoms with Crippen molar-refractivity contribution in [2.45, 2.75) is 13.0 Å². The first-order valence-electron chi connectivity index (χ1n) is 3.53. The smallest absolute Gasteiger partial charge is 0.387 e. The molecule has 0 aliphatic rings. The van der Waals surface area contributed by atoms with E-state index in [1.54, 1.807) is 0 Å². The Kier molecular flexibility index (Phi) is 3.27. The Hall–Kier alpha value is -1.33. The van der Waals surface area contributed by atoms with Gasteiger partial charge in [0.05, 0.1) is 0 Å². The molecule has 0 aliphatic heterocycles. The van der Waals surface area contributed by atoms with E-state index in [0.29, 0.717) is 12.1 Å². The van der Waals surface area contributed by atoms with Crippen molar-refractivity contribution in [3.05, 3.63) is 29.6 Å². The highest BCUT2D eigenvalue weighted by molar-refractivity contribution is 5.30. The summed E-state index contributed by atoms with van der Waals surface area (Å²) in [4.78, 5) is 0. The second kappa shape index (κ2) is 4.26. The molecular weight excluding hydrogens is 207 g/mol. The van der Waals surface area contributed by atoms with Gasteiger partial charge in [-0.1, -0.05) is 6.07 Å². The zero-order chi connectivity index (χ0) is 10.7. The summed E-state index contributed by atoms with van der Waals surface area (Å²) in [5, 5.41) is 0. The lowest BCUT2D eigenvalue weighted by Crippen LogP contribution is -2.04. The predicted octanol–water partition coefficient (Wildman–Crippen LogP) is 3.36. The molecule has 78 valence electrons. The maximum absolute atomic E-state index is 12.7. The van der Waals surface area contributed by atoms with Gasteiger partial charge in [-0.3, -0.25) is 0 Å². The van der Waals surface area contributed by atoms with Gasteiger partial charge in [-0.2, -0.15) is 8.78 Å². The molecule has 0 heterocycles. The van der Waals surface area contributed by atoms with E-state index in [9.17, 15) is 22.0 Å². The van der Waals surface area contributed by atoms with E-state index in [4.69, 9.17) is 0 Å². The standard InChI is InChI=1S/C8H5F5O/c9-5-2-1-4(7(10)11)3-6(5)14-8(12)13/h1-3,7-8H. The van der Waals surface area contributed by atoms with E-state index in [1.165, 1.54) is 0 Å². The van der Waals surface area contributed by atoms with Crippen LogP contribution < -0.4 is 4.74 Å². The van der Waals surface area contributed by atoms with Gasteiger partial charge in [0.1, 0.15) is 0 Å². The van der Waals surface area contributed by atoms with Crippen LogP contribution in [-0.2, 0) is 0 Å². The first-order chi connectivity index (χ1) is 6.50. The van der Waals surface area contributed by atoms with Crippen molar-refractivity contribution in [2.75, 3.05) is 0 Å². The second-order valence-electron chi connectivity index (χ2n) is 2.37. The van der Waals surface area contributed by atoms with E-state index in [0.717, 1.165) is 6.07 Å². The van der Waals surface area contributed by atoms with Crippen LogP contribution in [0.2, 0.25) is 0 Å². The van der Waals surface area contributed by atoms with Crippen molar-refractivity contribution in [1.82, 2.24) is 0 Å². The molecular formula is C8H5F5O. The Balaban J connectivity index is 2.96. The molecule has 1 aromatic carbocycles. The lowest BCUT2D eigenvalue weighted by molar-refractivity contribution is -0.0523. The molecule has 0 unspecified atom stereocenters. The third kappa shape index (κ3) is 2.58. The highest BCUT2D eigenvalue weighted by Crippen LogP contribution is 2.26. The van der Waals surface area contributed by atoms with Crippen molar-refractivity contribution in [2.24, 2.45) is 0 Å². The summed E-state index contributed by atoms with van der Waals surface area (Å²) in [7, 11) is 0. The molecule has 6 heteroatoms. The Labute approximate surface area is 76.1 Å². The average Bonchev–Trinajstić information content (AvgIpc) is 2.07. The number of hydrogen-bond donors (Lipinski definition) is 0. The molecule has 0 saturated carbocycles. The normalized spacial score (nSPS) is 11.1. The molecule has 0 bridgehead atoms. The van der Waals surface area contributed by atoms with Crippen molar-refractivity contribution in [1.29, 1.82) is 0 Å². The maximum atomic E-state index is 12.7. The number of ether oxygens (including phenoxy) is 1. The average molecular weight is 212 g/mol. The van der Waals surface area contributed by atoms with Gasteiger partial charge in [-0.05, 0) is 12.1 Å². The van der Waals surface area contributed by atoms with E-state index in [2.05, 4.69) is 4.74 Å². The fourth-order valence-electron chi connectivity index (χ4n) is 0.842. The molecule has 0 spiro atoms. The number of hydrogen-bond acceptors (Lipinski definition) is 1. The molecule has 0 radical (unpaired) electrons. The molecule has 0 amide bonds. The number of rotatable bonds is 3. The number of halogens is 5. The SMILES string of the molecule is Fc1ccc(C(F)F)cc1OC(F)F. The van der Waals surface area contributed by atoms with Crippen LogP contribution in [0.25, 0.3) is 0 Å². The van der Waals surface area contributed by atoms with Crippen molar-refractivity contribution in [3.8, 4) is 5.75 Å². The second-order valence-corrected chi connectivity index (χ2v) is 2.37. The van der Waals surface area contributed by atoms with Gasteiger partial charge in [-0.15, -0.1) is 0 Å². The van der Waals surface area contributed by atoms with Crippen LogP contribution in [0, 0.1) is 5.82 Å². The van der Waals surface area contributed by atoms with E-state index >= 15 is 0 Å². The molecule has 1 aromatic rings. The van der Waals surface area contributed by atoms with Crippen molar-refractivity contribution < 1.29 is 26.7 Å². The lowest BCUT2D eigenvalue weighted by atomic mass is 10.2. The van der Waals surface area contributed by atoms with Gasteiger partial charge >= 0.3 is 6.61 Å². The van der Waals surface area contributed by atoms with Crippen LogP contribution in [0.5, 0.6) is 5.75 Å². The number of benzene rings is 1. The van der Waals surface area contributed by atoms with Gasteiger partial charge in [0, 0.05) is 5.56 Å². The van der Waals surface area contributed by atoms with Crippen LogP contribution in [-0.4, -0.2) is 6.61 Å². The minimum absolute atomic E-state index is 0.548. The van der Waals surface area contributed by atoms with Gasteiger partial charge in [0.2, 0.25) is 0 Å². The zero-order valence-corrected chi connectivity index (χ0v) is 6.68. The van der Waals surface area contributed by atoms with Crippen LogP contribution in [0.1, 0.15) is 12.0 Å². The summed E-state index contributed by atoms with van der Waals surface area (Å²) in [5.74, 6) is -1.98. The molecule has 1 rings (SSSR count). The quantitative estimate of drug-likeness (QED) is 0.698. The summed E-state index contributed by atoms with van der Waals surface area (Å²) >= 11 is 0. The molecule has 0 fully saturated rings. The van der Waals surface area contributed by atoms with E-state index in [1.807, 2.05) is 0 Å². The van der Waals surface area contributed by atoms with Crippen molar-refractivity contribution >= 4 is 0 Å². The largest absolute Gasteiger partial charge is 0.432 e. The highest BCUT2D eigenvalue weighted by atomic mass is 19.3. The van der Waals surface area contributed by atoms with E-state index < -0.39 is 30.2 Å². The fourth-order valence-corrected chi connectivity index (χ4v) is 0.842. The molecule has 0 N–H and O–H groups in total. The van der Waals surface area contributed by atoms with Gasteiger partial charge in [0.25, 0.3) is 6.43 Å². The predicted molar refractivity (Wildman–Crippen MR) is 38.0 cm³/mol. The first kappa shape index (κ1) is 10.7. The maximum Gasteiger partial charge on any atom is 0.387 e. The van der Waals surface area contributed by atoms with Crippen LogP contribution in [0.4, 0.5) is 22.0 Å². The van der Waals surface area contributed by atoms with E-state index in [-0.39, 0.29) is 0 Å². The molecule has 1 nitrogen and oxygen atoms in total. The number of alkyl halides is 4. The van der Waals surface area contributed by atoms with Gasteiger partial charge in [0.15, 0.2) is 11.6 Å². The Morgan fingerprint density at radius 3 is 2.21 bits per heavy atom. The van der Waals surface area contributed by atoms with Crippen molar-refractivity contribution in [3.63, 3.8) is 0 Å². The Morgan fingerprint density at radius 2 is 1.71 bits per heavy atom. The topological polar surface area (TPSA) is 9.23 Å². The Morgan fingerprint density at radius 1 is 1.07 bits per heavy atom. The molecule has 0 aromatic heterocycles. The zero-order valence-electron chi connectivity index (χ0n) is 6.68. The molecule has 14 heavy (non-hydrogen) atoms. The Bertz CT molecular complexity index is 313. The third-order valence-electron chi connectivity index (χ3n) is 1.42. The van der Waals surface area contributed by atoms with Crippen LogP contribution in [0.3, 0.4) is 0 Å². The molecule has 0 atom stereocenters. The summed E-state index contributed by atoms with van der Waals surface area (Å²) in [6.45, 7) is -3.24. The summed E-state index contributed by atoms with van der Waals surface area (Å²) in [5.41, 5.74) is -0.568. The minimum Gasteiger partial charge on any atom is -0.432 e.